The van der Waals surface area contributed by atoms with Crippen molar-refractivity contribution >= 4 is 17.1 Å². The van der Waals surface area contributed by atoms with Crippen LogP contribution in [0.25, 0.3) is 11.2 Å². The van der Waals surface area contributed by atoms with Crippen molar-refractivity contribution < 1.29 is 4.79 Å². The molecule has 0 fully saturated rings. The van der Waals surface area contributed by atoms with Crippen molar-refractivity contribution in [2.75, 3.05) is 6.54 Å². The maximum absolute atomic E-state index is 12.9. The topological polar surface area (TPSA) is 82.1 Å². The van der Waals surface area contributed by atoms with Crippen LogP contribution >= 0.6 is 0 Å². The molecule has 8 nitrogen and oxygen atoms in total. The molecule has 2 heterocycles. The number of amides is 1. The number of nitrogens with zero attached hydrogens (tertiary/aromatic N) is 5. The molecular formula is C19H23N5O3. The monoisotopic (exact) mass is 369 g/mol. The van der Waals surface area contributed by atoms with E-state index in [1.807, 2.05) is 37.3 Å². The molecule has 0 aliphatic heterocycles. The molecule has 3 rings (SSSR count). The van der Waals surface area contributed by atoms with Gasteiger partial charge in [0.05, 0.1) is 6.33 Å². The van der Waals surface area contributed by atoms with E-state index in [0.717, 1.165) is 16.6 Å². The summed E-state index contributed by atoms with van der Waals surface area (Å²) in [6.07, 6.45) is 2.27. The van der Waals surface area contributed by atoms with E-state index in [9.17, 15) is 14.4 Å². The van der Waals surface area contributed by atoms with Gasteiger partial charge < -0.3 is 9.47 Å². The largest absolute Gasteiger partial charge is 0.337 e. The molecule has 0 aliphatic carbocycles. The maximum Gasteiger partial charge on any atom is 0.332 e. The fourth-order valence-corrected chi connectivity index (χ4v) is 3.14. The van der Waals surface area contributed by atoms with Crippen molar-refractivity contribution in [2.24, 2.45) is 14.1 Å². The molecule has 0 saturated carbocycles. The molecule has 2 aromatic heterocycles. The molecule has 8 heteroatoms. The first-order valence-corrected chi connectivity index (χ1v) is 8.86. The lowest BCUT2D eigenvalue weighted by Gasteiger charge is -2.22. The molecule has 0 spiro atoms. The summed E-state index contributed by atoms with van der Waals surface area (Å²) in [4.78, 5) is 44.0. The highest BCUT2D eigenvalue weighted by Crippen LogP contribution is 2.07. The van der Waals surface area contributed by atoms with Crippen LogP contribution in [0.4, 0.5) is 0 Å². The second-order valence-corrected chi connectivity index (χ2v) is 6.56. The van der Waals surface area contributed by atoms with Crippen LogP contribution in [0.1, 0.15) is 18.9 Å². The van der Waals surface area contributed by atoms with E-state index in [-0.39, 0.29) is 12.5 Å². The molecule has 0 aliphatic rings. The Balaban J connectivity index is 1.95. The smallest absolute Gasteiger partial charge is 0.332 e. The third-order valence-electron chi connectivity index (χ3n) is 4.56. The van der Waals surface area contributed by atoms with Crippen LogP contribution in [0.15, 0.2) is 46.2 Å². The van der Waals surface area contributed by atoms with Gasteiger partial charge in [-0.3, -0.25) is 14.2 Å². The Kier molecular flexibility index (Phi) is 5.25. The summed E-state index contributed by atoms with van der Waals surface area (Å²) in [6, 6.07) is 9.65. The summed E-state index contributed by atoms with van der Waals surface area (Å²) in [5, 5.41) is 0. The minimum atomic E-state index is -0.546. The number of carbonyl (C=O) groups excluding carboxylic acids is 1. The Bertz CT molecular complexity index is 1080. The summed E-state index contributed by atoms with van der Waals surface area (Å²) in [5.41, 5.74) is 0.566. The van der Waals surface area contributed by atoms with Crippen LogP contribution in [-0.4, -0.2) is 36.0 Å². The van der Waals surface area contributed by atoms with Crippen LogP contribution in [0, 0.1) is 0 Å². The van der Waals surface area contributed by atoms with Crippen molar-refractivity contribution in [1.29, 1.82) is 0 Å². The minimum Gasteiger partial charge on any atom is -0.337 e. The Morgan fingerprint density at radius 2 is 1.85 bits per heavy atom. The highest BCUT2D eigenvalue weighted by molar-refractivity contribution is 5.77. The zero-order chi connectivity index (χ0) is 19.6. The van der Waals surface area contributed by atoms with E-state index in [1.54, 1.807) is 23.6 Å². The number of carbonyl (C=O) groups is 1. The SMILES string of the molecule is CCCN(Cc1ccccc1)C(=O)Cn1c(=O)c2c(ncn2C)n(C)c1=O. The highest BCUT2D eigenvalue weighted by Gasteiger charge is 2.20. The normalized spacial score (nSPS) is 11.1. The Labute approximate surface area is 156 Å². The summed E-state index contributed by atoms with van der Waals surface area (Å²) in [5.74, 6) is -0.263. The number of benzene rings is 1. The van der Waals surface area contributed by atoms with Crippen LogP contribution in [0.2, 0.25) is 0 Å². The zero-order valence-corrected chi connectivity index (χ0v) is 15.8. The van der Waals surface area contributed by atoms with Crippen molar-refractivity contribution in [3.05, 3.63) is 63.1 Å². The fourth-order valence-electron chi connectivity index (χ4n) is 3.14. The molecule has 0 unspecified atom stereocenters. The second-order valence-electron chi connectivity index (χ2n) is 6.56. The van der Waals surface area contributed by atoms with Crippen molar-refractivity contribution in [3.63, 3.8) is 0 Å². The lowest BCUT2D eigenvalue weighted by molar-refractivity contribution is -0.132. The fraction of sp³-hybridized carbons (Fsp3) is 0.368. The van der Waals surface area contributed by atoms with Gasteiger partial charge in [0.2, 0.25) is 5.91 Å². The molecule has 0 atom stereocenters. The quantitative estimate of drug-likeness (QED) is 0.646. The van der Waals surface area contributed by atoms with Crippen LogP contribution in [-0.2, 0) is 32.0 Å². The molecule has 27 heavy (non-hydrogen) atoms. The van der Waals surface area contributed by atoms with E-state index < -0.39 is 11.2 Å². The molecular weight excluding hydrogens is 346 g/mol. The lowest BCUT2D eigenvalue weighted by Crippen LogP contribution is -2.44. The molecule has 3 aromatic rings. The van der Waals surface area contributed by atoms with E-state index in [2.05, 4.69) is 4.98 Å². The summed E-state index contributed by atoms with van der Waals surface area (Å²) >= 11 is 0. The van der Waals surface area contributed by atoms with Gasteiger partial charge in [0, 0.05) is 27.2 Å². The van der Waals surface area contributed by atoms with E-state index in [4.69, 9.17) is 0 Å². The van der Waals surface area contributed by atoms with Gasteiger partial charge in [-0.2, -0.15) is 0 Å². The highest BCUT2D eigenvalue weighted by atomic mass is 16.2. The van der Waals surface area contributed by atoms with Crippen LogP contribution in [0.3, 0.4) is 0 Å². The number of hydrogen-bond acceptors (Lipinski definition) is 4. The molecule has 1 aromatic carbocycles. The number of rotatable bonds is 6. The van der Waals surface area contributed by atoms with E-state index in [1.165, 1.54) is 10.9 Å². The van der Waals surface area contributed by atoms with E-state index >= 15 is 0 Å². The van der Waals surface area contributed by atoms with Gasteiger partial charge in [0.15, 0.2) is 11.2 Å². The van der Waals surface area contributed by atoms with Crippen molar-refractivity contribution in [1.82, 2.24) is 23.6 Å². The molecule has 1 amide bonds. The first-order valence-electron chi connectivity index (χ1n) is 8.86. The van der Waals surface area contributed by atoms with Crippen LogP contribution < -0.4 is 11.2 Å². The second kappa shape index (κ2) is 7.61. The Hall–Kier alpha value is -3.16. The van der Waals surface area contributed by atoms with Crippen molar-refractivity contribution in [3.8, 4) is 0 Å². The molecule has 142 valence electrons. The Morgan fingerprint density at radius 1 is 1.15 bits per heavy atom. The summed E-state index contributed by atoms with van der Waals surface area (Å²) in [7, 11) is 3.23. The third-order valence-corrected chi connectivity index (χ3v) is 4.56. The number of aryl methyl sites for hydroxylation is 2. The van der Waals surface area contributed by atoms with Gasteiger partial charge in [-0.15, -0.1) is 0 Å². The van der Waals surface area contributed by atoms with Gasteiger partial charge in [-0.05, 0) is 12.0 Å². The van der Waals surface area contributed by atoms with Gasteiger partial charge in [-0.1, -0.05) is 37.3 Å². The minimum absolute atomic E-state index is 0.263. The van der Waals surface area contributed by atoms with Gasteiger partial charge in [0.25, 0.3) is 5.56 Å². The van der Waals surface area contributed by atoms with E-state index in [0.29, 0.717) is 24.3 Å². The average Bonchev–Trinajstić information content (AvgIpc) is 3.05. The predicted octanol–water partition coefficient (Wildman–Crippen LogP) is 0.873. The first-order chi connectivity index (χ1) is 12.9. The first kappa shape index (κ1) is 18.6. The van der Waals surface area contributed by atoms with Gasteiger partial charge >= 0.3 is 5.69 Å². The number of imidazole rings is 1. The van der Waals surface area contributed by atoms with Gasteiger partial charge in [0.1, 0.15) is 6.54 Å². The number of aromatic nitrogens is 4. The van der Waals surface area contributed by atoms with Crippen molar-refractivity contribution in [2.45, 2.75) is 26.4 Å². The Morgan fingerprint density at radius 3 is 2.52 bits per heavy atom. The molecule has 0 saturated heterocycles. The summed E-state index contributed by atoms with van der Waals surface area (Å²) in [6.45, 7) is 2.69. The number of fused-ring (bicyclic) bond motifs is 1. The average molecular weight is 369 g/mol. The predicted molar refractivity (Wildman–Crippen MR) is 102 cm³/mol. The number of hydrogen-bond donors (Lipinski definition) is 0. The van der Waals surface area contributed by atoms with Gasteiger partial charge in [-0.25, -0.2) is 14.3 Å². The summed E-state index contributed by atoms with van der Waals surface area (Å²) < 4.78 is 3.84. The standard InChI is InChI=1S/C19H23N5O3/c1-4-10-23(11-14-8-6-5-7-9-14)15(25)12-24-18(26)16-17(20-13-21(16)2)22(3)19(24)27/h5-9,13H,4,10-12H2,1-3H3. The molecule has 0 N–H and O–H groups in total. The third kappa shape index (κ3) is 3.55. The van der Waals surface area contributed by atoms with Crippen LogP contribution in [0.5, 0.6) is 0 Å². The lowest BCUT2D eigenvalue weighted by atomic mass is 10.2. The molecule has 0 radical (unpaired) electrons. The maximum atomic E-state index is 12.9. The zero-order valence-electron chi connectivity index (χ0n) is 15.8. The molecule has 0 bridgehead atoms.